The van der Waals surface area contributed by atoms with Crippen LogP contribution in [0.25, 0.3) is 10.6 Å². The summed E-state index contributed by atoms with van der Waals surface area (Å²) < 4.78 is 0. The van der Waals surface area contributed by atoms with Crippen LogP contribution in [-0.4, -0.2) is 52.3 Å². The van der Waals surface area contributed by atoms with Gasteiger partial charge in [0.1, 0.15) is 5.01 Å². The predicted octanol–water partition coefficient (Wildman–Crippen LogP) is 2.82. The van der Waals surface area contributed by atoms with Crippen LogP contribution in [-0.2, 0) is 16.0 Å². The zero-order chi connectivity index (χ0) is 18.1. The summed E-state index contributed by atoms with van der Waals surface area (Å²) in [6, 6.07) is 10.2. The van der Waals surface area contributed by atoms with Crippen LogP contribution in [0, 0.1) is 5.92 Å². The molecule has 0 spiro atoms. The Bertz CT molecular complexity index is 804. The van der Waals surface area contributed by atoms with E-state index in [9.17, 15) is 9.59 Å². The first-order valence-corrected chi connectivity index (χ1v) is 10.0. The van der Waals surface area contributed by atoms with E-state index in [1.165, 1.54) is 0 Å². The second-order valence-corrected chi connectivity index (χ2v) is 8.11. The van der Waals surface area contributed by atoms with Gasteiger partial charge in [-0.1, -0.05) is 30.3 Å². The first-order valence-electron chi connectivity index (χ1n) is 9.15. The maximum absolute atomic E-state index is 12.9. The van der Waals surface area contributed by atoms with Gasteiger partial charge < -0.3 is 9.80 Å². The summed E-state index contributed by atoms with van der Waals surface area (Å²) in [4.78, 5) is 33.3. The molecule has 0 aliphatic carbocycles. The molecular weight excluding hydrogens is 346 g/mol. The Labute approximate surface area is 157 Å². The molecule has 5 rings (SSSR count). The van der Waals surface area contributed by atoms with Crippen molar-refractivity contribution in [2.45, 2.75) is 32.2 Å². The maximum Gasteiger partial charge on any atom is 0.228 e. The molecule has 1 aromatic heterocycles. The van der Waals surface area contributed by atoms with Crippen LogP contribution in [0.5, 0.6) is 0 Å². The van der Waals surface area contributed by atoms with Crippen molar-refractivity contribution in [3.8, 4) is 10.6 Å². The molecule has 1 aromatic carbocycles. The molecular formula is C20H23N3O2S. The molecule has 3 aliphatic rings. The highest BCUT2D eigenvalue weighted by Crippen LogP contribution is 2.29. The lowest BCUT2D eigenvalue weighted by molar-refractivity contribution is -0.135. The summed E-state index contributed by atoms with van der Waals surface area (Å²) >= 11 is 1.58. The minimum atomic E-state index is 0.114. The summed E-state index contributed by atoms with van der Waals surface area (Å²) in [5.41, 5.74) is 1.92. The highest BCUT2D eigenvalue weighted by Gasteiger charge is 2.37. The number of aromatic nitrogens is 1. The molecule has 5 nitrogen and oxygen atoms in total. The van der Waals surface area contributed by atoms with Crippen molar-refractivity contribution in [2.24, 2.45) is 5.92 Å². The van der Waals surface area contributed by atoms with Crippen LogP contribution >= 0.6 is 11.3 Å². The average molecular weight is 369 g/mol. The summed E-state index contributed by atoms with van der Waals surface area (Å²) in [5.74, 6) is 0.648. The van der Waals surface area contributed by atoms with Gasteiger partial charge in [-0.2, -0.15) is 0 Å². The van der Waals surface area contributed by atoms with E-state index in [1.807, 2.05) is 45.5 Å². The Morgan fingerprint density at radius 2 is 1.96 bits per heavy atom. The number of rotatable bonds is 3. The third kappa shape index (κ3) is 3.51. The Hall–Kier alpha value is -2.21. The molecule has 0 unspecified atom stereocenters. The molecule has 3 fully saturated rings. The molecule has 2 atom stereocenters. The Kier molecular flexibility index (Phi) is 4.76. The van der Waals surface area contributed by atoms with Crippen LogP contribution < -0.4 is 0 Å². The number of carbonyl (C=O) groups excluding carboxylic acids is 2. The monoisotopic (exact) mass is 369 g/mol. The van der Waals surface area contributed by atoms with E-state index in [1.54, 1.807) is 18.3 Å². The standard InChI is InChI=1S/C20H23N3O2S/c1-14(24)22-10-15-7-8-18(12-22)23(11-15)19(25)9-17-13-26-20(21-17)16-5-3-2-4-6-16/h2-6,13,15,18H,7-12H2,1H3/t15-,18+/m0/s1. The number of benzene rings is 1. The second-order valence-electron chi connectivity index (χ2n) is 7.25. The fourth-order valence-corrected chi connectivity index (χ4v) is 4.83. The number of hydrogen-bond donors (Lipinski definition) is 0. The van der Waals surface area contributed by atoms with E-state index < -0.39 is 0 Å². The Morgan fingerprint density at radius 3 is 2.73 bits per heavy atom. The van der Waals surface area contributed by atoms with Gasteiger partial charge in [0.2, 0.25) is 11.8 Å². The number of hydrogen-bond acceptors (Lipinski definition) is 4. The quantitative estimate of drug-likeness (QED) is 0.836. The van der Waals surface area contributed by atoms with Gasteiger partial charge >= 0.3 is 0 Å². The lowest BCUT2D eigenvalue weighted by atomic mass is 9.94. The van der Waals surface area contributed by atoms with Crippen molar-refractivity contribution >= 4 is 23.2 Å². The van der Waals surface area contributed by atoms with Gasteiger partial charge in [-0.25, -0.2) is 4.98 Å². The van der Waals surface area contributed by atoms with E-state index in [4.69, 9.17) is 0 Å². The van der Waals surface area contributed by atoms with Gasteiger partial charge in [-0.15, -0.1) is 11.3 Å². The second kappa shape index (κ2) is 7.19. The van der Waals surface area contributed by atoms with E-state index in [0.717, 1.165) is 42.2 Å². The third-order valence-electron chi connectivity index (χ3n) is 5.38. The number of amides is 2. The van der Waals surface area contributed by atoms with Crippen LogP contribution in [0.3, 0.4) is 0 Å². The molecule has 2 aromatic rings. The fourth-order valence-electron chi connectivity index (χ4n) is 4.00. The zero-order valence-electron chi connectivity index (χ0n) is 14.9. The van der Waals surface area contributed by atoms with Gasteiger partial charge in [0.25, 0.3) is 0 Å². The maximum atomic E-state index is 12.9. The molecule has 3 saturated heterocycles. The summed E-state index contributed by atoms with van der Waals surface area (Å²) in [5, 5.41) is 2.94. The van der Waals surface area contributed by atoms with Gasteiger partial charge in [0, 0.05) is 43.5 Å². The molecule has 2 amide bonds. The number of piperidine rings is 1. The topological polar surface area (TPSA) is 53.5 Å². The molecule has 136 valence electrons. The number of carbonyl (C=O) groups is 2. The highest BCUT2D eigenvalue weighted by molar-refractivity contribution is 7.13. The van der Waals surface area contributed by atoms with Crippen LogP contribution in [0.4, 0.5) is 0 Å². The number of fused-ring (bicyclic) bond motifs is 4. The van der Waals surface area contributed by atoms with Crippen molar-refractivity contribution in [3.63, 3.8) is 0 Å². The van der Waals surface area contributed by atoms with E-state index >= 15 is 0 Å². The Balaban J connectivity index is 1.45. The first-order chi connectivity index (χ1) is 12.6. The molecule has 6 heteroatoms. The molecule has 26 heavy (non-hydrogen) atoms. The van der Waals surface area contributed by atoms with Crippen molar-refractivity contribution in [1.29, 1.82) is 0 Å². The molecule has 0 radical (unpaired) electrons. The van der Waals surface area contributed by atoms with Crippen molar-refractivity contribution < 1.29 is 9.59 Å². The van der Waals surface area contributed by atoms with E-state index in [2.05, 4.69) is 4.98 Å². The summed E-state index contributed by atoms with van der Waals surface area (Å²) in [6.45, 7) is 3.84. The minimum Gasteiger partial charge on any atom is -0.341 e. The van der Waals surface area contributed by atoms with Gasteiger partial charge in [0.15, 0.2) is 0 Å². The van der Waals surface area contributed by atoms with Crippen molar-refractivity contribution in [3.05, 3.63) is 41.4 Å². The minimum absolute atomic E-state index is 0.114. The number of nitrogens with zero attached hydrogens (tertiary/aromatic N) is 3. The summed E-state index contributed by atoms with van der Waals surface area (Å²) in [7, 11) is 0. The average Bonchev–Trinajstić information content (AvgIpc) is 2.90. The Morgan fingerprint density at radius 1 is 1.15 bits per heavy atom. The fraction of sp³-hybridized carbons (Fsp3) is 0.450. The summed E-state index contributed by atoms with van der Waals surface area (Å²) in [6.07, 6.45) is 2.44. The van der Waals surface area contributed by atoms with Crippen molar-refractivity contribution in [2.75, 3.05) is 19.6 Å². The SMILES string of the molecule is CC(=O)N1C[C@@H]2CC[C@H](C1)N(C(=O)Cc1csc(-c3ccccc3)n1)C2. The largest absolute Gasteiger partial charge is 0.341 e. The first kappa shape index (κ1) is 17.2. The van der Waals surface area contributed by atoms with Gasteiger partial charge in [-0.05, 0) is 18.8 Å². The zero-order valence-corrected chi connectivity index (χ0v) is 15.7. The van der Waals surface area contributed by atoms with Gasteiger partial charge in [-0.3, -0.25) is 9.59 Å². The van der Waals surface area contributed by atoms with Crippen LogP contribution in [0.1, 0.15) is 25.5 Å². The molecule has 0 saturated carbocycles. The van der Waals surface area contributed by atoms with Gasteiger partial charge in [0.05, 0.1) is 12.1 Å². The highest BCUT2D eigenvalue weighted by atomic mass is 32.1. The molecule has 2 bridgehead atoms. The van der Waals surface area contributed by atoms with Crippen LogP contribution in [0.2, 0.25) is 0 Å². The lowest BCUT2D eigenvalue weighted by Gasteiger charge is -2.36. The van der Waals surface area contributed by atoms with Crippen molar-refractivity contribution in [1.82, 2.24) is 14.8 Å². The van der Waals surface area contributed by atoms with Crippen LogP contribution in [0.15, 0.2) is 35.7 Å². The molecule has 0 N–H and O–H groups in total. The van der Waals surface area contributed by atoms with E-state index in [-0.39, 0.29) is 17.9 Å². The molecule has 4 heterocycles. The smallest absolute Gasteiger partial charge is 0.228 e. The lowest BCUT2D eigenvalue weighted by Crippen LogP contribution is -2.48. The normalized spacial score (nSPS) is 22.3. The third-order valence-corrected chi connectivity index (χ3v) is 6.32. The number of thiazole rings is 1. The predicted molar refractivity (Wildman–Crippen MR) is 102 cm³/mol. The molecule has 3 aliphatic heterocycles. The van der Waals surface area contributed by atoms with E-state index in [0.29, 0.717) is 18.9 Å².